The highest BCUT2D eigenvalue weighted by Gasteiger charge is 2.03. The Morgan fingerprint density at radius 1 is 1.75 bits per heavy atom. The topological polar surface area (TPSA) is 65.4 Å². The molecule has 12 heavy (non-hydrogen) atoms. The molecule has 0 saturated carbocycles. The highest BCUT2D eigenvalue weighted by atomic mass is 79.9. The lowest BCUT2D eigenvalue weighted by atomic mass is 10.4. The first-order chi connectivity index (χ1) is 5.72. The van der Waals surface area contributed by atoms with E-state index in [-0.39, 0.29) is 6.61 Å². The molecule has 68 valence electrons. The number of halogens is 1. The summed E-state index contributed by atoms with van der Waals surface area (Å²) in [4.78, 5) is 4.05. The second-order valence-electron chi connectivity index (χ2n) is 2.19. The van der Waals surface area contributed by atoms with E-state index in [1.54, 1.807) is 0 Å². The number of anilines is 1. The lowest BCUT2D eigenvalue weighted by Crippen LogP contribution is -2.22. The number of nitrogens with zero attached hydrogens (tertiary/aromatic N) is 1. The highest BCUT2D eigenvalue weighted by molar-refractivity contribution is 9.10. The molecule has 3 N–H and O–H groups in total. The molecule has 0 aromatic carbocycles. The van der Waals surface area contributed by atoms with Crippen LogP contribution in [0, 0.1) is 0 Å². The zero-order valence-corrected chi connectivity index (χ0v) is 8.60. The van der Waals surface area contributed by atoms with E-state index in [1.807, 2.05) is 5.38 Å². The van der Waals surface area contributed by atoms with Crippen LogP contribution in [0.25, 0.3) is 0 Å². The van der Waals surface area contributed by atoms with Crippen molar-refractivity contribution in [2.45, 2.75) is 6.10 Å². The summed E-state index contributed by atoms with van der Waals surface area (Å²) in [5, 5.41) is 22.9. The van der Waals surface area contributed by atoms with Crippen LogP contribution in [0.4, 0.5) is 5.13 Å². The monoisotopic (exact) mass is 252 g/mol. The standard InChI is InChI=1S/C6H9BrN2O2S/c7-5-3-12-6(9-5)8-1-4(11)2-10/h3-4,10-11H,1-2H2,(H,8,9). The minimum Gasteiger partial charge on any atom is -0.394 e. The molecule has 0 aliphatic heterocycles. The first kappa shape index (κ1) is 9.91. The maximum atomic E-state index is 8.98. The molecule has 6 heteroatoms. The predicted molar refractivity (Wildman–Crippen MR) is 51.4 cm³/mol. The first-order valence-electron chi connectivity index (χ1n) is 3.36. The molecule has 0 radical (unpaired) electrons. The van der Waals surface area contributed by atoms with E-state index in [0.717, 1.165) is 9.73 Å². The van der Waals surface area contributed by atoms with E-state index < -0.39 is 6.10 Å². The van der Waals surface area contributed by atoms with Gasteiger partial charge in [-0.05, 0) is 15.9 Å². The summed E-state index contributed by atoms with van der Waals surface area (Å²) >= 11 is 4.64. The molecule has 1 aromatic rings. The van der Waals surface area contributed by atoms with Gasteiger partial charge in [0.1, 0.15) is 4.60 Å². The molecule has 4 nitrogen and oxygen atoms in total. The van der Waals surface area contributed by atoms with E-state index >= 15 is 0 Å². The van der Waals surface area contributed by atoms with Gasteiger partial charge in [0.05, 0.1) is 12.7 Å². The third-order valence-corrected chi connectivity index (χ3v) is 2.69. The fraction of sp³-hybridized carbons (Fsp3) is 0.500. The van der Waals surface area contributed by atoms with Crippen molar-refractivity contribution in [2.75, 3.05) is 18.5 Å². The summed E-state index contributed by atoms with van der Waals surface area (Å²) in [6.07, 6.45) is -0.729. The third-order valence-electron chi connectivity index (χ3n) is 1.18. The average molecular weight is 253 g/mol. The van der Waals surface area contributed by atoms with Gasteiger partial charge in [0.2, 0.25) is 0 Å². The molecule has 0 bridgehead atoms. The minimum atomic E-state index is -0.729. The van der Waals surface area contributed by atoms with Crippen molar-refractivity contribution in [3.63, 3.8) is 0 Å². The van der Waals surface area contributed by atoms with E-state index in [9.17, 15) is 0 Å². The number of hydrogen-bond donors (Lipinski definition) is 3. The fourth-order valence-electron chi connectivity index (χ4n) is 0.605. The van der Waals surface area contributed by atoms with E-state index in [4.69, 9.17) is 10.2 Å². The molecule has 0 aliphatic carbocycles. The summed E-state index contributed by atoms with van der Waals surface area (Å²) in [5.74, 6) is 0. The van der Waals surface area contributed by atoms with Crippen LogP contribution in [0.3, 0.4) is 0 Å². The van der Waals surface area contributed by atoms with E-state index in [0.29, 0.717) is 6.54 Å². The molecule has 1 rings (SSSR count). The van der Waals surface area contributed by atoms with Gasteiger partial charge in [-0.15, -0.1) is 11.3 Å². The van der Waals surface area contributed by atoms with Crippen LogP contribution in [-0.4, -0.2) is 34.5 Å². The second kappa shape index (κ2) is 4.76. The summed E-state index contributed by atoms with van der Waals surface area (Å²) in [6.45, 7) is 0.0794. The Bertz CT molecular complexity index is 243. The van der Waals surface area contributed by atoms with Crippen molar-refractivity contribution >= 4 is 32.4 Å². The Balaban J connectivity index is 2.33. The van der Waals surface area contributed by atoms with Gasteiger partial charge in [0, 0.05) is 11.9 Å². The van der Waals surface area contributed by atoms with Crippen LogP contribution in [0.2, 0.25) is 0 Å². The molecule has 0 amide bonds. The molecule has 0 spiro atoms. The van der Waals surface area contributed by atoms with Gasteiger partial charge in [-0.1, -0.05) is 0 Å². The smallest absolute Gasteiger partial charge is 0.183 e. The van der Waals surface area contributed by atoms with Crippen LogP contribution in [-0.2, 0) is 0 Å². The van der Waals surface area contributed by atoms with Crippen molar-refractivity contribution in [3.05, 3.63) is 9.98 Å². The molecule has 0 aliphatic rings. The number of aromatic nitrogens is 1. The molecular formula is C6H9BrN2O2S. The van der Waals surface area contributed by atoms with Gasteiger partial charge in [0.15, 0.2) is 5.13 Å². The van der Waals surface area contributed by atoms with Crippen molar-refractivity contribution in [1.29, 1.82) is 0 Å². The van der Waals surface area contributed by atoms with Gasteiger partial charge < -0.3 is 15.5 Å². The maximum absolute atomic E-state index is 8.98. The van der Waals surface area contributed by atoms with E-state index in [1.165, 1.54) is 11.3 Å². The van der Waals surface area contributed by atoms with Crippen LogP contribution in [0.15, 0.2) is 9.98 Å². The van der Waals surface area contributed by atoms with Crippen LogP contribution in [0.5, 0.6) is 0 Å². The average Bonchev–Trinajstić information content (AvgIpc) is 2.47. The Morgan fingerprint density at radius 2 is 2.50 bits per heavy atom. The molecule has 0 fully saturated rings. The van der Waals surface area contributed by atoms with Crippen molar-refractivity contribution in [3.8, 4) is 0 Å². The molecular weight excluding hydrogens is 244 g/mol. The summed E-state index contributed by atoms with van der Waals surface area (Å²) in [5.41, 5.74) is 0. The van der Waals surface area contributed by atoms with E-state index in [2.05, 4.69) is 26.2 Å². The van der Waals surface area contributed by atoms with Gasteiger partial charge in [-0.3, -0.25) is 0 Å². The Morgan fingerprint density at radius 3 is 3.00 bits per heavy atom. The maximum Gasteiger partial charge on any atom is 0.183 e. The van der Waals surface area contributed by atoms with Crippen molar-refractivity contribution in [1.82, 2.24) is 4.98 Å². The summed E-state index contributed by atoms with van der Waals surface area (Å²) in [7, 11) is 0. The summed E-state index contributed by atoms with van der Waals surface area (Å²) < 4.78 is 0.772. The normalized spacial score (nSPS) is 12.9. The van der Waals surface area contributed by atoms with Crippen molar-refractivity contribution in [2.24, 2.45) is 0 Å². The summed E-state index contributed by atoms with van der Waals surface area (Å²) in [6, 6.07) is 0. The molecule has 1 atom stereocenters. The van der Waals surface area contributed by atoms with Crippen LogP contribution in [0.1, 0.15) is 0 Å². The van der Waals surface area contributed by atoms with Gasteiger partial charge in [-0.25, -0.2) is 4.98 Å². The van der Waals surface area contributed by atoms with Gasteiger partial charge >= 0.3 is 0 Å². The first-order valence-corrected chi connectivity index (χ1v) is 5.03. The Hall–Kier alpha value is -0.170. The Labute approximate surface area is 82.4 Å². The molecule has 0 saturated heterocycles. The fourth-order valence-corrected chi connectivity index (χ4v) is 1.76. The number of hydrogen-bond acceptors (Lipinski definition) is 5. The van der Waals surface area contributed by atoms with Crippen molar-refractivity contribution < 1.29 is 10.2 Å². The predicted octanol–water partition coefficient (Wildman–Crippen LogP) is 0.671. The third kappa shape index (κ3) is 3.06. The number of aliphatic hydroxyl groups is 2. The SMILES string of the molecule is OCC(O)CNc1nc(Br)cs1. The molecule has 1 unspecified atom stereocenters. The van der Waals surface area contributed by atoms with Gasteiger partial charge in [0.25, 0.3) is 0 Å². The lowest BCUT2D eigenvalue weighted by molar-refractivity contribution is 0.105. The number of rotatable bonds is 4. The number of aliphatic hydroxyl groups excluding tert-OH is 2. The largest absolute Gasteiger partial charge is 0.394 e. The zero-order chi connectivity index (χ0) is 8.97. The molecule has 1 heterocycles. The zero-order valence-electron chi connectivity index (χ0n) is 6.20. The Kier molecular flexibility index (Phi) is 3.93. The quantitative estimate of drug-likeness (QED) is 0.738. The number of nitrogens with one attached hydrogen (secondary N) is 1. The highest BCUT2D eigenvalue weighted by Crippen LogP contribution is 2.18. The van der Waals surface area contributed by atoms with Gasteiger partial charge in [-0.2, -0.15) is 0 Å². The van der Waals surface area contributed by atoms with Crippen LogP contribution < -0.4 is 5.32 Å². The minimum absolute atomic E-state index is 0.237. The number of thiazole rings is 1. The van der Waals surface area contributed by atoms with Crippen LogP contribution >= 0.6 is 27.3 Å². The lowest BCUT2D eigenvalue weighted by Gasteiger charge is -2.06. The molecule has 1 aromatic heterocycles. The second-order valence-corrected chi connectivity index (χ2v) is 3.86.